The van der Waals surface area contributed by atoms with Gasteiger partial charge in [-0.2, -0.15) is 4.99 Å². The van der Waals surface area contributed by atoms with Gasteiger partial charge in [0.05, 0.1) is 0 Å². The van der Waals surface area contributed by atoms with E-state index in [0.29, 0.717) is 6.42 Å². The number of rotatable bonds is 4. The number of ether oxygens (including phenoxy) is 1. The summed E-state index contributed by atoms with van der Waals surface area (Å²) in [5.74, 6) is -0.786. The van der Waals surface area contributed by atoms with E-state index < -0.39 is 17.5 Å². The standard InChI is InChI=1S/C11H20N2O3/c1-6-11(5,16-8(4)14)10(15)13-9(12)7(2)3/h7H,6H2,1-5H3,(H2,12,13,15). The van der Waals surface area contributed by atoms with E-state index >= 15 is 0 Å². The second-order valence-electron chi connectivity index (χ2n) is 4.17. The largest absolute Gasteiger partial charge is 0.449 e. The van der Waals surface area contributed by atoms with Crippen molar-refractivity contribution in [2.45, 2.75) is 46.6 Å². The van der Waals surface area contributed by atoms with Crippen LogP contribution in [0.2, 0.25) is 0 Å². The van der Waals surface area contributed by atoms with E-state index in [0.717, 1.165) is 0 Å². The van der Waals surface area contributed by atoms with Crippen molar-refractivity contribution in [3.63, 3.8) is 0 Å². The molecule has 0 spiro atoms. The van der Waals surface area contributed by atoms with Crippen molar-refractivity contribution in [2.75, 3.05) is 0 Å². The fourth-order valence-corrected chi connectivity index (χ4v) is 0.949. The van der Waals surface area contributed by atoms with Crippen LogP contribution >= 0.6 is 0 Å². The Hall–Kier alpha value is -1.39. The SMILES string of the molecule is CCC(C)(OC(C)=O)C(=O)/N=C(\N)C(C)C. The van der Waals surface area contributed by atoms with Gasteiger partial charge in [0.2, 0.25) is 0 Å². The predicted octanol–water partition coefficient (Wildman–Crippen LogP) is 1.26. The molecular weight excluding hydrogens is 208 g/mol. The molecule has 0 bridgehead atoms. The Bertz CT molecular complexity index is 310. The molecule has 0 aliphatic rings. The third kappa shape index (κ3) is 4.00. The van der Waals surface area contributed by atoms with Gasteiger partial charge in [-0.3, -0.25) is 9.59 Å². The zero-order valence-electron chi connectivity index (χ0n) is 10.5. The van der Waals surface area contributed by atoms with Gasteiger partial charge < -0.3 is 10.5 Å². The van der Waals surface area contributed by atoms with Gasteiger partial charge in [0, 0.05) is 12.8 Å². The van der Waals surface area contributed by atoms with E-state index in [9.17, 15) is 9.59 Å². The molecule has 0 aromatic carbocycles. The molecule has 1 atom stereocenters. The Balaban J connectivity index is 4.91. The van der Waals surface area contributed by atoms with E-state index in [-0.39, 0.29) is 11.8 Å². The van der Waals surface area contributed by atoms with E-state index in [1.807, 2.05) is 13.8 Å². The quantitative estimate of drug-likeness (QED) is 0.446. The lowest BCUT2D eigenvalue weighted by Crippen LogP contribution is -2.39. The molecule has 0 heterocycles. The van der Waals surface area contributed by atoms with Gasteiger partial charge in [0.1, 0.15) is 5.84 Å². The number of aliphatic imine (C=N–C) groups is 1. The highest BCUT2D eigenvalue weighted by Gasteiger charge is 2.34. The first-order chi connectivity index (χ1) is 7.23. The average Bonchev–Trinajstić information content (AvgIpc) is 2.16. The van der Waals surface area contributed by atoms with E-state index in [2.05, 4.69) is 4.99 Å². The fraction of sp³-hybridized carbons (Fsp3) is 0.727. The maximum absolute atomic E-state index is 11.8. The van der Waals surface area contributed by atoms with Gasteiger partial charge in [0.25, 0.3) is 5.91 Å². The van der Waals surface area contributed by atoms with Crippen molar-refractivity contribution in [3.05, 3.63) is 0 Å². The molecule has 0 saturated carbocycles. The zero-order valence-corrected chi connectivity index (χ0v) is 10.5. The van der Waals surface area contributed by atoms with Gasteiger partial charge in [-0.05, 0) is 13.3 Å². The van der Waals surface area contributed by atoms with Crippen LogP contribution in [0.4, 0.5) is 0 Å². The molecule has 5 heteroatoms. The summed E-state index contributed by atoms with van der Waals surface area (Å²) in [4.78, 5) is 26.4. The fourth-order valence-electron chi connectivity index (χ4n) is 0.949. The molecule has 0 aliphatic carbocycles. The molecule has 0 radical (unpaired) electrons. The van der Waals surface area contributed by atoms with Crippen LogP contribution in [0.5, 0.6) is 0 Å². The molecule has 0 aromatic heterocycles. The summed E-state index contributed by atoms with van der Waals surface area (Å²) in [5, 5.41) is 0. The van der Waals surface area contributed by atoms with Gasteiger partial charge in [0.15, 0.2) is 5.60 Å². The van der Waals surface area contributed by atoms with Gasteiger partial charge >= 0.3 is 5.97 Å². The Morgan fingerprint density at radius 2 is 1.94 bits per heavy atom. The predicted molar refractivity (Wildman–Crippen MR) is 61.9 cm³/mol. The van der Waals surface area contributed by atoms with Crippen LogP contribution in [-0.2, 0) is 14.3 Å². The summed E-state index contributed by atoms with van der Waals surface area (Å²) in [7, 11) is 0. The molecule has 1 unspecified atom stereocenters. The van der Waals surface area contributed by atoms with Crippen LogP contribution in [0.3, 0.4) is 0 Å². The molecular formula is C11H20N2O3. The lowest BCUT2D eigenvalue weighted by molar-refractivity contribution is -0.163. The molecule has 0 aromatic rings. The van der Waals surface area contributed by atoms with Gasteiger partial charge in [-0.25, -0.2) is 0 Å². The van der Waals surface area contributed by atoms with Crippen LogP contribution in [-0.4, -0.2) is 23.3 Å². The summed E-state index contributed by atoms with van der Waals surface area (Å²) in [6.07, 6.45) is 0.361. The Morgan fingerprint density at radius 3 is 2.25 bits per heavy atom. The maximum Gasteiger partial charge on any atom is 0.303 e. The van der Waals surface area contributed by atoms with Crippen molar-refractivity contribution in [2.24, 2.45) is 16.6 Å². The van der Waals surface area contributed by atoms with E-state index in [4.69, 9.17) is 10.5 Å². The number of carbonyl (C=O) groups is 2. The number of amides is 1. The van der Waals surface area contributed by atoms with Crippen molar-refractivity contribution in [1.29, 1.82) is 0 Å². The molecule has 5 nitrogen and oxygen atoms in total. The van der Waals surface area contributed by atoms with Crippen molar-refractivity contribution in [3.8, 4) is 0 Å². The lowest BCUT2D eigenvalue weighted by Gasteiger charge is -2.24. The molecule has 0 fully saturated rings. The van der Waals surface area contributed by atoms with Crippen LogP contribution in [0.25, 0.3) is 0 Å². The molecule has 0 rings (SSSR count). The normalized spacial score (nSPS) is 15.8. The number of amidine groups is 1. The summed E-state index contributed by atoms with van der Waals surface area (Å²) >= 11 is 0. The number of esters is 1. The summed E-state index contributed by atoms with van der Waals surface area (Å²) in [6, 6.07) is 0. The van der Waals surface area contributed by atoms with Crippen LogP contribution in [0, 0.1) is 5.92 Å². The highest BCUT2D eigenvalue weighted by atomic mass is 16.6. The number of carbonyl (C=O) groups excluding carboxylic acids is 2. The molecule has 1 amide bonds. The first kappa shape index (κ1) is 14.6. The van der Waals surface area contributed by atoms with Crippen molar-refractivity contribution in [1.82, 2.24) is 0 Å². The minimum absolute atomic E-state index is 0.0117. The number of hydrogen-bond donors (Lipinski definition) is 1. The molecule has 16 heavy (non-hydrogen) atoms. The highest BCUT2D eigenvalue weighted by Crippen LogP contribution is 2.18. The molecule has 92 valence electrons. The third-order valence-corrected chi connectivity index (χ3v) is 2.32. The topological polar surface area (TPSA) is 81.8 Å². The highest BCUT2D eigenvalue weighted by molar-refractivity contribution is 5.98. The second kappa shape index (κ2) is 5.63. The van der Waals surface area contributed by atoms with Crippen molar-refractivity contribution < 1.29 is 14.3 Å². The first-order valence-electron chi connectivity index (χ1n) is 5.31. The van der Waals surface area contributed by atoms with E-state index in [1.165, 1.54) is 13.8 Å². The molecule has 0 saturated heterocycles. The lowest BCUT2D eigenvalue weighted by atomic mass is 10.0. The summed E-state index contributed by atoms with van der Waals surface area (Å²) in [5.41, 5.74) is 4.37. The number of hydrogen-bond acceptors (Lipinski definition) is 3. The third-order valence-electron chi connectivity index (χ3n) is 2.32. The first-order valence-corrected chi connectivity index (χ1v) is 5.31. The maximum atomic E-state index is 11.8. The molecule has 0 aliphatic heterocycles. The van der Waals surface area contributed by atoms with Gasteiger partial charge in [-0.1, -0.05) is 20.8 Å². The van der Waals surface area contributed by atoms with Crippen LogP contribution in [0.1, 0.15) is 41.0 Å². The smallest absolute Gasteiger partial charge is 0.303 e. The zero-order chi connectivity index (χ0) is 12.9. The monoisotopic (exact) mass is 228 g/mol. The van der Waals surface area contributed by atoms with E-state index in [1.54, 1.807) is 6.92 Å². The Kier molecular flexibility index (Phi) is 5.14. The van der Waals surface area contributed by atoms with Crippen LogP contribution in [0.15, 0.2) is 4.99 Å². The minimum atomic E-state index is -1.22. The summed E-state index contributed by atoms with van der Waals surface area (Å²) < 4.78 is 4.98. The number of nitrogens with two attached hydrogens (primary N) is 1. The van der Waals surface area contributed by atoms with Crippen LogP contribution < -0.4 is 5.73 Å². The Morgan fingerprint density at radius 1 is 1.44 bits per heavy atom. The van der Waals surface area contributed by atoms with Crippen molar-refractivity contribution >= 4 is 17.7 Å². The van der Waals surface area contributed by atoms with Gasteiger partial charge in [-0.15, -0.1) is 0 Å². The Labute approximate surface area is 96.1 Å². The number of nitrogens with zero attached hydrogens (tertiary/aromatic N) is 1. The molecule has 2 N–H and O–H groups in total. The minimum Gasteiger partial charge on any atom is -0.449 e. The second-order valence-corrected chi connectivity index (χ2v) is 4.17. The average molecular weight is 228 g/mol. The summed E-state index contributed by atoms with van der Waals surface area (Å²) in [6.45, 7) is 8.22.